The summed E-state index contributed by atoms with van der Waals surface area (Å²) >= 11 is 0. The standard InChI is InChI=1S/C20H19N5O3S.C2HF3O2/c26-20(23-15-4-3-9-21-10-15)19-17-12-24(11-14-7-8-14)29(27,28)18-6-2-1-5-16(18)25(17)13-22-19;3-2(4,5)1(6)7/h1-6,9-10,13-14H,7-8,11-12H2,(H,23,26);(H,6,7). The molecule has 1 aromatic carbocycles. The van der Waals surface area contributed by atoms with Crippen LogP contribution < -0.4 is 5.32 Å². The molecule has 0 saturated heterocycles. The first-order valence-corrected chi connectivity index (χ1v) is 12.1. The summed E-state index contributed by atoms with van der Waals surface area (Å²) in [7, 11) is -3.67. The largest absolute Gasteiger partial charge is 0.490 e. The topological polar surface area (TPSA) is 134 Å². The highest BCUT2D eigenvalue weighted by Gasteiger charge is 2.39. The van der Waals surface area contributed by atoms with Gasteiger partial charge in [-0.1, -0.05) is 12.1 Å². The number of carboxylic acid groups (broad SMARTS) is 1. The van der Waals surface area contributed by atoms with Crippen molar-refractivity contribution in [2.45, 2.75) is 30.5 Å². The highest BCUT2D eigenvalue weighted by molar-refractivity contribution is 7.89. The fraction of sp³-hybridized carbons (Fsp3) is 0.273. The van der Waals surface area contributed by atoms with Crippen molar-refractivity contribution in [3.05, 3.63) is 66.5 Å². The average Bonchev–Trinajstić information content (AvgIpc) is 3.56. The Morgan fingerprint density at radius 2 is 1.83 bits per heavy atom. The molecule has 0 radical (unpaired) electrons. The van der Waals surface area contributed by atoms with Gasteiger partial charge in [-0.25, -0.2) is 18.2 Å². The van der Waals surface area contributed by atoms with E-state index in [0.717, 1.165) is 12.8 Å². The Kier molecular flexibility index (Phi) is 6.82. The molecule has 3 aromatic rings. The van der Waals surface area contributed by atoms with Crippen molar-refractivity contribution in [3.63, 3.8) is 0 Å². The third-order valence-corrected chi connectivity index (χ3v) is 7.33. The Labute approximate surface area is 203 Å². The molecule has 14 heteroatoms. The summed E-state index contributed by atoms with van der Waals surface area (Å²) in [4.78, 5) is 30.3. The molecule has 0 spiro atoms. The van der Waals surface area contributed by atoms with Crippen molar-refractivity contribution in [1.29, 1.82) is 0 Å². The number of amides is 1. The van der Waals surface area contributed by atoms with Crippen molar-refractivity contribution >= 4 is 27.6 Å². The van der Waals surface area contributed by atoms with E-state index in [1.165, 1.54) is 10.6 Å². The molecular formula is C22H20F3N5O5S. The van der Waals surface area contributed by atoms with Gasteiger partial charge in [0.2, 0.25) is 10.0 Å². The summed E-state index contributed by atoms with van der Waals surface area (Å²) in [6.45, 7) is 0.550. The van der Waals surface area contributed by atoms with Gasteiger partial charge in [0.1, 0.15) is 11.2 Å². The number of halogens is 3. The van der Waals surface area contributed by atoms with Gasteiger partial charge < -0.3 is 10.4 Å². The molecule has 2 N–H and O–H groups in total. The number of sulfonamides is 1. The number of anilines is 1. The predicted octanol–water partition coefficient (Wildman–Crippen LogP) is 3.07. The number of rotatable bonds is 4. The van der Waals surface area contributed by atoms with Crippen LogP contribution in [0.25, 0.3) is 5.69 Å². The van der Waals surface area contributed by atoms with E-state index in [0.29, 0.717) is 29.5 Å². The molecule has 10 nitrogen and oxygen atoms in total. The zero-order chi connectivity index (χ0) is 26.1. The van der Waals surface area contributed by atoms with E-state index in [1.54, 1.807) is 53.4 Å². The van der Waals surface area contributed by atoms with E-state index in [4.69, 9.17) is 9.90 Å². The van der Waals surface area contributed by atoms with Crippen LogP contribution in [0.3, 0.4) is 0 Å². The number of pyridine rings is 1. The Morgan fingerprint density at radius 1 is 1.14 bits per heavy atom. The molecule has 1 aliphatic heterocycles. The summed E-state index contributed by atoms with van der Waals surface area (Å²) in [5, 5.41) is 9.91. The molecule has 1 fully saturated rings. The van der Waals surface area contributed by atoms with Crippen LogP contribution in [0.4, 0.5) is 18.9 Å². The van der Waals surface area contributed by atoms with Crippen molar-refractivity contribution in [3.8, 4) is 5.69 Å². The second-order valence-corrected chi connectivity index (χ2v) is 10.0. The molecular weight excluding hydrogens is 503 g/mol. The first-order valence-electron chi connectivity index (χ1n) is 10.7. The van der Waals surface area contributed by atoms with Gasteiger partial charge in [-0.15, -0.1) is 0 Å². The highest BCUT2D eigenvalue weighted by atomic mass is 32.2. The molecule has 190 valence electrons. The van der Waals surface area contributed by atoms with Crippen molar-refractivity contribution in [1.82, 2.24) is 18.8 Å². The van der Waals surface area contributed by atoms with Crippen molar-refractivity contribution in [2.24, 2.45) is 5.92 Å². The molecule has 3 heterocycles. The number of aromatic nitrogens is 3. The minimum atomic E-state index is -5.08. The average molecular weight is 523 g/mol. The van der Waals surface area contributed by atoms with Gasteiger partial charge in [-0.2, -0.15) is 17.5 Å². The van der Waals surface area contributed by atoms with Gasteiger partial charge in [-0.3, -0.25) is 14.3 Å². The van der Waals surface area contributed by atoms with Crippen LogP contribution in [-0.4, -0.2) is 57.0 Å². The van der Waals surface area contributed by atoms with Crippen molar-refractivity contribution in [2.75, 3.05) is 11.9 Å². The van der Waals surface area contributed by atoms with Crippen LogP contribution in [-0.2, 0) is 21.4 Å². The van der Waals surface area contributed by atoms with Gasteiger partial charge in [0.05, 0.1) is 29.8 Å². The summed E-state index contributed by atoms with van der Waals surface area (Å²) in [5.41, 5.74) is 1.83. The number of carboxylic acids is 1. The molecule has 2 aromatic heterocycles. The number of alkyl halides is 3. The van der Waals surface area contributed by atoms with Crippen LogP contribution in [0.15, 0.2) is 60.0 Å². The second kappa shape index (κ2) is 9.70. The quantitative estimate of drug-likeness (QED) is 0.537. The number of para-hydroxylation sites is 1. The molecule has 1 aliphatic carbocycles. The summed E-state index contributed by atoms with van der Waals surface area (Å²) in [5.74, 6) is -2.78. The maximum absolute atomic E-state index is 13.3. The third-order valence-electron chi connectivity index (χ3n) is 5.47. The molecule has 1 saturated carbocycles. The van der Waals surface area contributed by atoms with E-state index in [-0.39, 0.29) is 17.1 Å². The lowest BCUT2D eigenvalue weighted by atomic mass is 10.2. The monoisotopic (exact) mass is 523 g/mol. The lowest BCUT2D eigenvalue weighted by Gasteiger charge is -2.20. The van der Waals surface area contributed by atoms with Crippen LogP contribution in [0.2, 0.25) is 0 Å². The van der Waals surface area contributed by atoms with Crippen LogP contribution in [0.5, 0.6) is 0 Å². The highest BCUT2D eigenvalue weighted by Crippen LogP contribution is 2.36. The number of benzene rings is 1. The lowest BCUT2D eigenvalue weighted by molar-refractivity contribution is -0.192. The normalized spacial score (nSPS) is 16.5. The molecule has 0 atom stereocenters. The zero-order valence-electron chi connectivity index (χ0n) is 18.5. The number of fused-ring (bicyclic) bond motifs is 3. The van der Waals surface area contributed by atoms with E-state index in [9.17, 15) is 26.4 Å². The minimum absolute atomic E-state index is 0.101. The first kappa shape index (κ1) is 25.3. The van der Waals surface area contributed by atoms with Gasteiger partial charge in [0.15, 0.2) is 5.69 Å². The molecule has 36 heavy (non-hydrogen) atoms. The fourth-order valence-electron chi connectivity index (χ4n) is 3.57. The van der Waals surface area contributed by atoms with Crippen LogP contribution in [0, 0.1) is 5.92 Å². The fourth-order valence-corrected chi connectivity index (χ4v) is 5.22. The Balaban J connectivity index is 0.000000384. The Bertz CT molecular complexity index is 1390. The number of hydrogen-bond acceptors (Lipinski definition) is 6. The second-order valence-electron chi connectivity index (χ2n) is 8.12. The van der Waals surface area contributed by atoms with Gasteiger partial charge in [0, 0.05) is 12.7 Å². The number of nitrogens with zero attached hydrogens (tertiary/aromatic N) is 4. The van der Waals surface area contributed by atoms with E-state index in [2.05, 4.69) is 15.3 Å². The molecule has 0 bridgehead atoms. The van der Waals surface area contributed by atoms with Gasteiger partial charge in [0.25, 0.3) is 5.91 Å². The maximum atomic E-state index is 13.3. The number of carbonyl (C=O) groups excluding carboxylic acids is 1. The number of imidazole rings is 1. The molecule has 5 rings (SSSR count). The van der Waals surface area contributed by atoms with E-state index >= 15 is 0 Å². The van der Waals surface area contributed by atoms with Crippen LogP contribution in [0.1, 0.15) is 29.0 Å². The number of aliphatic carboxylic acids is 1. The SMILES string of the molecule is O=C(Nc1cccnc1)c1ncn2c1CN(CC1CC1)S(=O)(=O)c1ccccc1-2.O=C(O)C(F)(F)F. The molecule has 2 aliphatic rings. The van der Waals surface area contributed by atoms with Crippen molar-refractivity contribution < 1.29 is 36.3 Å². The molecule has 0 unspecified atom stereocenters. The first-order chi connectivity index (χ1) is 17.0. The number of carbonyl (C=O) groups is 2. The Morgan fingerprint density at radius 3 is 2.44 bits per heavy atom. The lowest BCUT2D eigenvalue weighted by Crippen LogP contribution is -2.32. The Hall–Kier alpha value is -3.78. The summed E-state index contributed by atoms with van der Waals surface area (Å²) in [6, 6.07) is 10.3. The van der Waals surface area contributed by atoms with Crippen LogP contribution >= 0.6 is 0 Å². The van der Waals surface area contributed by atoms with E-state index < -0.39 is 28.1 Å². The van der Waals surface area contributed by atoms with Gasteiger partial charge in [-0.05, 0) is 43.0 Å². The summed E-state index contributed by atoms with van der Waals surface area (Å²) < 4.78 is 61.5. The smallest absolute Gasteiger partial charge is 0.475 e. The number of nitrogens with one attached hydrogen (secondary N) is 1. The van der Waals surface area contributed by atoms with Gasteiger partial charge >= 0.3 is 12.1 Å². The minimum Gasteiger partial charge on any atom is -0.475 e. The number of hydrogen-bond donors (Lipinski definition) is 2. The molecule has 1 amide bonds. The maximum Gasteiger partial charge on any atom is 0.490 e. The predicted molar refractivity (Wildman–Crippen MR) is 120 cm³/mol. The van der Waals surface area contributed by atoms with E-state index in [1.807, 2.05) is 0 Å². The zero-order valence-corrected chi connectivity index (χ0v) is 19.3. The third kappa shape index (κ3) is 5.39. The summed E-state index contributed by atoms with van der Waals surface area (Å²) in [6.07, 6.45) is 1.66.